The van der Waals surface area contributed by atoms with Crippen molar-refractivity contribution in [2.75, 3.05) is 0 Å². The minimum Gasteiger partial charge on any atom is -0.490 e. The van der Waals surface area contributed by atoms with Gasteiger partial charge in [-0.3, -0.25) is 4.79 Å². The van der Waals surface area contributed by atoms with E-state index >= 15 is 0 Å². The molecule has 2 bridgehead atoms. The van der Waals surface area contributed by atoms with E-state index < -0.39 is 16.0 Å². The lowest BCUT2D eigenvalue weighted by Gasteiger charge is -2.26. The maximum atomic E-state index is 12.6. The highest BCUT2D eigenvalue weighted by molar-refractivity contribution is 7.89. The zero-order chi connectivity index (χ0) is 16.9. The quantitative estimate of drug-likeness (QED) is 0.818. The van der Waals surface area contributed by atoms with Gasteiger partial charge in [0.25, 0.3) is 0 Å². The fourth-order valence-electron chi connectivity index (χ4n) is 4.07. The van der Waals surface area contributed by atoms with Crippen LogP contribution in [0.4, 0.5) is 0 Å². The molecule has 3 aliphatic carbocycles. The summed E-state index contributed by atoms with van der Waals surface area (Å²) in [5.74, 6) is -0.150. The molecule has 0 aromatic heterocycles. The summed E-state index contributed by atoms with van der Waals surface area (Å²) >= 11 is 0. The van der Waals surface area contributed by atoms with Crippen LogP contribution in [0.25, 0.3) is 0 Å². The van der Waals surface area contributed by atoms with Crippen LogP contribution < -0.4 is 9.46 Å². The lowest BCUT2D eigenvalue weighted by Crippen LogP contribution is -2.40. The maximum absolute atomic E-state index is 12.6. The second-order valence-electron chi connectivity index (χ2n) is 7.19. The highest BCUT2D eigenvalue weighted by Gasteiger charge is 2.49. The van der Waals surface area contributed by atoms with E-state index in [1.807, 2.05) is 0 Å². The summed E-state index contributed by atoms with van der Waals surface area (Å²) in [7, 11) is -3.59. The molecule has 3 saturated carbocycles. The third-order valence-electron chi connectivity index (χ3n) is 5.44. The van der Waals surface area contributed by atoms with Gasteiger partial charge in [0, 0.05) is 6.04 Å². The minimum absolute atomic E-state index is 0.0921. The number of benzene rings is 1. The molecule has 4 atom stereocenters. The first kappa shape index (κ1) is 15.9. The first-order chi connectivity index (χ1) is 11.4. The van der Waals surface area contributed by atoms with Crippen molar-refractivity contribution in [1.29, 1.82) is 0 Å². The topological polar surface area (TPSA) is 92.7 Å². The Balaban J connectivity index is 1.41. The molecule has 0 aliphatic heterocycles. The van der Waals surface area contributed by atoms with Crippen molar-refractivity contribution in [1.82, 2.24) is 4.72 Å². The van der Waals surface area contributed by atoms with E-state index in [1.54, 1.807) is 24.3 Å². The van der Waals surface area contributed by atoms with Crippen LogP contribution in [0.1, 0.15) is 32.1 Å². The third kappa shape index (κ3) is 3.02. The Bertz CT molecular complexity index is 741. The predicted molar refractivity (Wildman–Crippen MR) is 86.2 cm³/mol. The standard InChI is InChI=1S/C17H21NO5S/c19-17(20)15-8-11-7-10(15)9-16(11)18-24(21,22)14-5-3-13(4-6-14)23-12-1-2-12/h3-6,10-12,15-16,18H,1-2,7-9H2,(H,19,20)/t10-,11-,15-,16-/m1/s1. The van der Waals surface area contributed by atoms with E-state index in [0.717, 1.165) is 19.3 Å². The molecule has 2 N–H and O–H groups in total. The lowest BCUT2D eigenvalue weighted by atomic mass is 9.86. The largest absolute Gasteiger partial charge is 0.490 e. The summed E-state index contributed by atoms with van der Waals surface area (Å²) < 4.78 is 33.5. The number of nitrogens with one attached hydrogen (secondary N) is 1. The van der Waals surface area contributed by atoms with E-state index in [1.165, 1.54) is 0 Å². The van der Waals surface area contributed by atoms with Gasteiger partial charge in [0.05, 0.1) is 16.9 Å². The van der Waals surface area contributed by atoms with Crippen molar-refractivity contribution in [3.63, 3.8) is 0 Å². The monoisotopic (exact) mass is 351 g/mol. The summed E-state index contributed by atoms with van der Waals surface area (Å²) in [6, 6.07) is 6.35. The van der Waals surface area contributed by atoms with Gasteiger partial charge in [0.15, 0.2) is 0 Å². The van der Waals surface area contributed by atoms with Crippen LogP contribution in [0.3, 0.4) is 0 Å². The number of carboxylic acid groups (broad SMARTS) is 1. The second kappa shape index (κ2) is 5.74. The molecule has 24 heavy (non-hydrogen) atoms. The van der Waals surface area contributed by atoms with Crippen LogP contribution in [0, 0.1) is 17.8 Å². The second-order valence-corrected chi connectivity index (χ2v) is 8.90. The molecule has 0 unspecified atom stereocenters. The molecule has 0 heterocycles. The summed E-state index contributed by atoms with van der Waals surface area (Å²) in [5.41, 5.74) is 0. The van der Waals surface area contributed by atoms with Crippen molar-refractivity contribution >= 4 is 16.0 Å². The Morgan fingerprint density at radius 3 is 2.33 bits per heavy atom. The SMILES string of the molecule is O=C(O)[C@@H]1C[C@H]2C[C@@H]1C[C@H]2NS(=O)(=O)c1ccc(OC2CC2)cc1. The van der Waals surface area contributed by atoms with Gasteiger partial charge in [0.1, 0.15) is 5.75 Å². The van der Waals surface area contributed by atoms with E-state index in [0.29, 0.717) is 18.6 Å². The Labute approximate surface area is 141 Å². The van der Waals surface area contributed by atoms with Gasteiger partial charge >= 0.3 is 5.97 Å². The van der Waals surface area contributed by atoms with Crippen molar-refractivity contribution in [2.45, 2.75) is 49.1 Å². The van der Waals surface area contributed by atoms with Crippen LogP contribution >= 0.6 is 0 Å². The molecule has 6 nitrogen and oxygen atoms in total. The van der Waals surface area contributed by atoms with Gasteiger partial charge in [-0.05, 0) is 68.2 Å². The van der Waals surface area contributed by atoms with Crippen LogP contribution in [-0.4, -0.2) is 31.6 Å². The summed E-state index contributed by atoms with van der Waals surface area (Å²) in [6.45, 7) is 0. The first-order valence-electron chi connectivity index (χ1n) is 8.44. The van der Waals surface area contributed by atoms with Crippen LogP contribution in [0.15, 0.2) is 29.2 Å². The van der Waals surface area contributed by atoms with Crippen LogP contribution in [0.2, 0.25) is 0 Å². The molecular weight excluding hydrogens is 330 g/mol. The molecule has 7 heteroatoms. The zero-order valence-electron chi connectivity index (χ0n) is 13.2. The Morgan fingerprint density at radius 1 is 1.08 bits per heavy atom. The molecule has 3 aliphatic rings. The highest BCUT2D eigenvalue weighted by Crippen LogP contribution is 2.48. The average Bonchev–Trinajstić information content (AvgIpc) is 3.12. The highest BCUT2D eigenvalue weighted by atomic mass is 32.2. The normalized spacial score (nSPS) is 32.0. The van der Waals surface area contributed by atoms with E-state index in [4.69, 9.17) is 4.74 Å². The maximum Gasteiger partial charge on any atom is 0.306 e. The Kier molecular flexibility index (Phi) is 3.80. The molecular formula is C17H21NO5S. The Morgan fingerprint density at radius 2 is 1.79 bits per heavy atom. The minimum atomic E-state index is -3.59. The zero-order valence-corrected chi connectivity index (χ0v) is 14.0. The summed E-state index contributed by atoms with van der Waals surface area (Å²) in [5, 5.41) is 9.17. The van der Waals surface area contributed by atoms with Crippen LogP contribution in [-0.2, 0) is 14.8 Å². The fourth-order valence-corrected chi connectivity index (χ4v) is 5.38. The number of fused-ring (bicyclic) bond motifs is 2. The molecule has 130 valence electrons. The fraction of sp³-hybridized carbons (Fsp3) is 0.588. The number of ether oxygens (including phenoxy) is 1. The van der Waals surface area contributed by atoms with Gasteiger partial charge < -0.3 is 9.84 Å². The number of rotatable bonds is 6. The summed E-state index contributed by atoms with van der Waals surface area (Å²) in [4.78, 5) is 11.4. The molecule has 0 amide bonds. The van der Waals surface area contributed by atoms with Crippen molar-refractivity contribution in [3.8, 4) is 5.75 Å². The number of carboxylic acids is 1. The van der Waals surface area contributed by atoms with Gasteiger partial charge in [-0.25, -0.2) is 13.1 Å². The molecule has 0 spiro atoms. The predicted octanol–water partition coefficient (Wildman–Crippen LogP) is 2.01. The smallest absolute Gasteiger partial charge is 0.306 e. The molecule has 3 fully saturated rings. The van der Waals surface area contributed by atoms with E-state index in [9.17, 15) is 18.3 Å². The number of aliphatic carboxylic acids is 1. The number of sulfonamides is 1. The van der Waals surface area contributed by atoms with Gasteiger partial charge in [-0.1, -0.05) is 0 Å². The van der Waals surface area contributed by atoms with Crippen molar-refractivity contribution in [3.05, 3.63) is 24.3 Å². The number of hydrogen-bond donors (Lipinski definition) is 2. The number of hydrogen-bond acceptors (Lipinski definition) is 4. The average molecular weight is 351 g/mol. The van der Waals surface area contributed by atoms with Gasteiger partial charge in [0.2, 0.25) is 10.0 Å². The molecule has 0 radical (unpaired) electrons. The Hall–Kier alpha value is -1.60. The molecule has 0 saturated heterocycles. The van der Waals surface area contributed by atoms with E-state index in [-0.39, 0.29) is 34.8 Å². The van der Waals surface area contributed by atoms with Crippen LogP contribution in [0.5, 0.6) is 5.75 Å². The van der Waals surface area contributed by atoms with Crippen molar-refractivity contribution in [2.24, 2.45) is 17.8 Å². The number of carbonyl (C=O) groups is 1. The molecule has 4 rings (SSSR count). The molecule has 1 aromatic carbocycles. The first-order valence-corrected chi connectivity index (χ1v) is 9.92. The molecule has 1 aromatic rings. The van der Waals surface area contributed by atoms with E-state index in [2.05, 4.69) is 4.72 Å². The van der Waals surface area contributed by atoms with Gasteiger partial charge in [-0.2, -0.15) is 0 Å². The van der Waals surface area contributed by atoms with Gasteiger partial charge in [-0.15, -0.1) is 0 Å². The lowest BCUT2D eigenvalue weighted by molar-refractivity contribution is -0.143. The van der Waals surface area contributed by atoms with Crippen molar-refractivity contribution < 1.29 is 23.1 Å². The summed E-state index contributed by atoms with van der Waals surface area (Å²) in [6.07, 6.45) is 4.39. The third-order valence-corrected chi connectivity index (χ3v) is 6.95.